The highest BCUT2D eigenvalue weighted by molar-refractivity contribution is 7.18. The van der Waals surface area contributed by atoms with Crippen LogP contribution in [-0.4, -0.2) is 27.4 Å². The second kappa shape index (κ2) is 7.11. The molecule has 4 rings (SSSR count). The van der Waals surface area contributed by atoms with Crippen molar-refractivity contribution in [2.75, 3.05) is 6.61 Å². The summed E-state index contributed by atoms with van der Waals surface area (Å²) in [5, 5.41) is 10.9. The van der Waals surface area contributed by atoms with Crippen LogP contribution in [0.25, 0.3) is 10.2 Å². The zero-order valence-corrected chi connectivity index (χ0v) is 14.6. The molecule has 0 radical (unpaired) electrons. The molecule has 3 aromatic rings. The number of hydrogen-bond donors (Lipinski definition) is 1. The van der Waals surface area contributed by atoms with Gasteiger partial charge in [0, 0.05) is 4.88 Å². The first-order valence-electron chi connectivity index (χ1n) is 8.50. The summed E-state index contributed by atoms with van der Waals surface area (Å²) < 4.78 is 12.1. The van der Waals surface area contributed by atoms with E-state index in [1.54, 1.807) is 23.7 Å². The molecule has 0 amide bonds. The smallest absolute Gasteiger partial charge is 0.262 e. The van der Waals surface area contributed by atoms with E-state index in [2.05, 4.69) is 4.98 Å². The molecule has 1 aliphatic carbocycles. The molecular formula is C18H20N2O4S. The van der Waals surface area contributed by atoms with Crippen molar-refractivity contribution in [2.24, 2.45) is 0 Å². The van der Waals surface area contributed by atoms with Crippen molar-refractivity contribution >= 4 is 21.6 Å². The molecule has 1 atom stereocenters. The highest BCUT2D eigenvalue weighted by Gasteiger charge is 2.20. The van der Waals surface area contributed by atoms with Gasteiger partial charge in [-0.1, -0.05) is 0 Å². The van der Waals surface area contributed by atoms with Gasteiger partial charge in [0.2, 0.25) is 0 Å². The molecule has 25 heavy (non-hydrogen) atoms. The van der Waals surface area contributed by atoms with E-state index >= 15 is 0 Å². The molecule has 132 valence electrons. The first kappa shape index (κ1) is 16.5. The van der Waals surface area contributed by atoms with E-state index in [-0.39, 0.29) is 18.7 Å². The van der Waals surface area contributed by atoms with Gasteiger partial charge < -0.3 is 14.3 Å². The van der Waals surface area contributed by atoms with Crippen molar-refractivity contribution < 1.29 is 14.3 Å². The Balaban J connectivity index is 1.47. The van der Waals surface area contributed by atoms with Crippen LogP contribution in [0.3, 0.4) is 0 Å². The molecule has 3 aromatic heterocycles. The van der Waals surface area contributed by atoms with Crippen LogP contribution < -0.4 is 5.56 Å². The van der Waals surface area contributed by atoms with E-state index in [9.17, 15) is 9.90 Å². The van der Waals surface area contributed by atoms with Gasteiger partial charge in [0.25, 0.3) is 5.56 Å². The molecular weight excluding hydrogens is 340 g/mol. The van der Waals surface area contributed by atoms with Crippen molar-refractivity contribution in [3.8, 4) is 0 Å². The number of aliphatic hydroxyl groups is 1. The predicted molar refractivity (Wildman–Crippen MR) is 94.9 cm³/mol. The number of furan rings is 1. The zero-order valence-electron chi connectivity index (χ0n) is 13.8. The lowest BCUT2D eigenvalue weighted by atomic mass is 9.97. The number of aromatic nitrogens is 2. The number of ether oxygens (including phenoxy) is 1. The van der Waals surface area contributed by atoms with Crippen molar-refractivity contribution in [3.63, 3.8) is 0 Å². The van der Waals surface area contributed by atoms with E-state index < -0.39 is 6.10 Å². The Morgan fingerprint density at radius 3 is 3.12 bits per heavy atom. The van der Waals surface area contributed by atoms with Gasteiger partial charge in [-0.25, -0.2) is 4.98 Å². The monoisotopic (exact) mass is 360 g/mol. The number of hydrogen-bond acceptors (Lipinski definition) is 6. The minimum atomic E-state index is -0.777. The number of nitrogens with zero attached hydrogens (tertiary/aromatic N) is 2. The molecule has 1 unspecified atom stereocenters. The Morgan fingerprint density at radius 1 is 1.40 bits per heavy atom. The van der Waals surface area contributed by atoms with Crippen molar-refractivity contribution in [2.45, 2.75) is 44.9 Å². The number of rotatable bonds is 6. The van der Waals surface area contributed by atoms with Gasteiger partial charge in [-0.15, -0.1) is 11.3 Å². The van der Waals surface area contributed by atoms with Crippen molar-refractivity contribution in [1.82, 2.24) is 9.55 Å². The van der Waals surface area contributed by atoms with Gasteiger partial charge in [-0.05, 0) is 43.4 Å². The summed E-state index contributed by atoms with van der Waals surface area (Å²) in [6.07, 6.45) is 6.63. The summed E-state index contributed by atoms with van der Waals surface area (Å²) in [6.45, 7) is 0.603. The van der Waals surface area contributed by atoms with Crippen molar-refractivity contribution in [3.05, 3.63) is 51.3 Å². The minimum Gasteiger partial charge on any atom is -0.467 e. The molecule has 0 saturated carbocycles. The lowest BCUT2D eigenvalue weighted by Crippen LogP contribution is -2.29. The van der Waals surface area contributed by atoms with E-state index in [0.29, 0.717) is 12.4 Å². The Bertz CT molecular complexity index is 913. The van der Waals surface area contributed by atoms with E-state index in [4.69, 9.17) is 9.15 Å². The third-order valence-corrected chi connectivity index (χ3v) is 5.68. The van der Waals surface area contributed by atoms with Gasteiger partial charge in [-0.3, -0.25) is 9.36 Å². The summed E-state index contributed by atoms with van der Waals surface area (Å²) in [7, 11) is 0. The van der Waals surface area contributed by atoms with Crippen LogP contribution in [0.2, 0.25) is 0 Å². The second-order valence-electron chi connectivity index (χ2n) is 6.34. The maximum Gasteiger partial charge on any atom is 0.262 e. The van der Waals surface area contributed by atoms with Crippen LogP contribution in [0.15, 0.2) is 33.9 Å². The fraction of sp³-hybridized carbons (Fsp3) is 0.444. The molecule has 3 heterocycles. The normalized spacial score (nSPS) is 15.4. The molecule has 0 saturated heterocycles. The van der Waals surface area contributed by atoms with E-state index in [1.165, 1.54) is 27.8 Å². The van der Waals surface area contributed by atoms with Gasteiger partial charge in [0.05, 0.1) is 37.2 Å². The first-order valence-corrected chi connectivity index (χ1v) is 9.32. The third kappa shape index (κ3) is 3.40. The number of aliphatic hydroxyl groups excluding tert-OH is 1. The minimum absolute atomic E-state index is 0.0607. The largest absolute Gasteiger partial charge is 0.467 e. The predicted octanol–water partition coefficient (Wildman–Crippen LogP) is 2.51. The van der Waals surface area contributed by atoms with Crippen LogP contribution in [0.5, 0.6) is 0 Å². The first-order chi connectivity index (χ1) is 12.2. The number of aryl methyl sites for hydroxylation is 2. The maximum absolute atomic E-state index is 12.8. The molecule has 1 aliphatic rings. The molecule has 6 nitrogen and oxygen atoms in total. The Kier molecular flexibility index (Phi) is 4.70. The third-order valence-electron chi connectivity index (χ3n) is 4.48. The summed E-state index contributed by atoms with van der Waals surface area (Å²) in [4.78, 5) is 19.4. The summed E-state index contributed by atoms with van der Waals surface area (Å²) in [5.41, 5.74) is 1.11. The quantitative estimate of drug-likeness (QED) is 0.731. The average molecular weight is 360 g/mol. The van der Waals surface area contributed by atoms with Crippen molar-refractivity contribution in [1.29, 1.82) is 0 Å². The van der Waals surface area contributed by atoms with E-state index in [0.717, 1.165) is 29.5 Å². The highest BCUT2D eigenvalue weighted by atomic mass is 32.1. The van der Waals surface area contributed by atoms with Crippen LogP contribution in [0.4, 0.5) is 0 Å². The standard InChI is InChI=1S/C18H20N2O4S/c21-12(9-23-10-13-4-3-7-24-13)8-20-11-19-17-16(18(20)22)14-5-1-2-6-15(14)25-17/h3-4,7,11-12,21H,1-2,5-6,8-10H2. The average Bonchev–Trinajstić information content (AvgIpc) is 3.24. The zero-order chi connectivity index (χ0) is 17.2. The molecule has 0 spiro atoms. The van der Waals surface area contributed by atoms with Gasteiger partial charge in [-0.2, -0.15) is 0 Å². The fourth-order valence-electron chi connectivity index (χ4n) is 3.28. The molecule has 0 aromatic carbocycles. The molecule has 0 bridgehead atoms. The lowest BCUT2D eigenvalue weighted by molar-refractivity contribution is 0.0142. The molecule has 0 aliphatic heterocycles. The van der Waals surface area contributed by atoms with Crippen LogP contribution in [0.1, 0.15) is 29.0 Å². The van der Waals surface area contributed by atoms with Gasteiger partial charge >= 0.3 is 0 Å². The van der Waals surface area contributed by atoms with Crippen LogP contribution in [-0.2, 0) is 30.7 Å². The molecule has 0 fully saturated rings. The van der Waals surface area contributed by atoms with Gasteiger partial charge in [0.1, 0.15) is 17.2 Å². The molecule has 1 N–H and O–H groups in total. The summed E-state index contributed by atoms with van der Waals surface area (Å²) in [6, 6.07) is 3.60. The number of fused-ring (bicyclic) bond motifs is 3. The fourth-order valence-corrected chi connectivity index (χ4v) is 4.50. The second-order valence-corrected chi connectivity index (χ2v) is 7.43. The topological polar surface area (TPSA) is 77.5 Å². The number of thiophene rings is 1. The lowest BCUT2D eigenvalue weighted by Gasteiger charge is -2.13. The Labute approximate surface area is 148 Å². The highest BCUT2D eigenvalue weighted by Crippen LogP contribution is 2.33. The van der Waals surface area contributed by atoms with E-state index in [1.807, 2.05) is 6.07 Å². The molecule has 7 heteroatoms. The van der Waals surface area contributed by atoms with Crippen LogP contribution in [0, 0.1) is 0 Å². The summed E-state index contributed by atoms with van der Waals surface area (Å²) in [5.74, 6) is 0.706. The van der Waals surface area contributed by atoms with Crippen LogP contribution >= 0.6 is 11.3 Å². The van der Waals surface area contributed by atoms with Gasteiger partial charge in [0.15, 0.2) is 0 Å². The summed E-state index contributed by atoms with van der Waals surface area (Å²) >= 11 is 1.63. The Morgan fingerprint density at radius 2 is 2.28 bits per heavy atom. The maximum atomic E-state index is 12.8. The Hall–Kier alpha value is -1.96. The SMILES string of the molecule is O=c1c2c3c(sc2ncn1CC(O)COCc1ccco1)CCCC3.